The van der Waals surface area contributed by atoms with Crippen molar-refractivity contribution in [2.45, 2.75) is 25.4 Å². The van der Waals surface area contributed by atoms with Gasteiger partial charge in [-0.15, -0.1) is 0 Å². The van der Waals surface area contributed by atoms with Crippen molar-refractivity contribution < 1.29 is 9.21 Å². The van der Waals surface area contributed by atoms with Gasteiger partial charge in [0.2, 0.25) is 5.88 Å². The summed E-state index contributed by atoms with van der Waals surface area (Å²) in [6.45, 7) is 0. The lowest BCUT2D eigenvalue weighted by atomic mass is 10.1. The van der Waals surface area contributed by atoms with Gasteiger partial charge in [-0.05, 0) is 66.8 Å². The zero-order valence-electron chi connectivity index (χ0n) is 15.8. The molecule has 1 aromatic heterocycles. The fourth-order valence-electron chi connectivity index (χ4n) is 3.89. The number of nitrogens with one attached hydrogen (secondary N) is 2. The van der Waals surface area contributed by atoms with Crippen LogP contribution in [0.5, 0.6) is 0 Å². The molecule has 2 amide bonds. The molecule has 1 unspecified atom stereocenters. The summed E-state index contributed by atoms with van der Waals surface area (Å²) in [7, 11) is 0. The van der Waals surface area contributed by atoms with Crippen molar-refractivity contribution in [3.63, 3.8) is 0 Å². The SMILES string of the molecule is NC1c2ccoc2N=CN1c1cccc(NC(=O)Nc2ccc3c(c2)CCC3)c1. The first-order valence-corrected chi connectivity index (χ1v) is 9.63. The van der Waals surface area contributed by atoms with Gasteiger partial charge in [0, 0.05) is 17.1 Å². The highest BCUT2D eigenvalue weighted by molar-refractivity contribution is 6.00. The van der Waals surface area contributed by atoms with Crippen LogP contribution in [0.1, 0.15) is 29.3 Å². The third-order valence-corrected chi connectivity index (χ3v) is 5.35. The number of amides is 2. The number of carbonyl (C=O) groups excluding carboxylic acids is 1. The molecule has 7 nitrogen and oxygen atoms in total. The summed E-state index contributed by atoms with van der Waals surface area (Å²) >= 11 is 0. The number of carbonyl (C=O) groups is 1. The summed E-state index contributed by atoms with van der Waals surface area (Å²) < 4.78 is 5.30. The second-order valence-electron chi connectivity index (χ2n) is 7.24. The normalized spacial score (nSPS) is 17.0. The number of aliphatic imine (C=N–C) groups is 1. The van der Waals surface area contributed by atoms with E-state index in [1.165, 1.54) is 17.5 Å². The number of hydrogen-bond donors (Lipinski definition) is 3. The van der Waals surface area contributed by atoms with Crippen molar-refractivity contribution in [1.29, 1.82) is 0 Å². The van der Waals surface area contributed by atoms with E-state index in [1.54, 1.807) is 12.6 Å². The van der Waals surface area contributed by atoms with Crippen LogP contribution in [-0.4, -0.2) is 12.4 Å². The van der Waals surface area contributed by atoms with Crippen molar-refractivity contribution in [3.8, 4) is 0 Å². The van der Waals surface area contributed by atoms with Crippen LogP contribution < -0.4 is 21.3 Å². The maximum Gasteiger partial charge on any atom is 0.323 e. The standard InChI is InChI=1S/C22H21N5O2/c23-20-19-9-10-29-21(19)24-13-27(20)18-6-2-5-16(12-18)25-22(28)26-17-8-7-14-3-1-4-15(14)11-17/h2,5-13,20H,1,3-4,23H2,(H2,25,26,28). The molecule has 0 bridgehead atoms. The number of rotatable bonds is 3. The molecule has 3 aromatic rings. The molecule has 5 rings (SSSR count). The second kappa shape index (κ2) is 7.10. The first-order valence-electron chi connectivity index (χ1n) is 9.63. The van der Waals surface area contributed by atoms with Crippen LogP contribution in [0, 0.1) is 0 Å². The summed E-state index contributed by atoms with van der Waals surface area (Å²) in [5, 5.41) is 5.80. The first kappa shape index (κ1) is 17.5. The summed E-state index contributed by atoms with van der Waals surface area (Å²) in [6.07, 6.45) is 6.19. The Labute approximate surface area is 168 Å². The van der Waals surface area contributed by atoms with Crippen LogP contribution in [0.4, 0.5) is 27.7 Å². The highest BCUT2D eigenvalue weighted by Gasteiger charge is 2.24. The largest absolute Gasteiger partial charge is 0.446 e. The second-order valence-corrected chi connectivity index (χ2v) is 7.24. The predicted octanol–water partition coefficient (Wildman–Crippen LogP) is 4.55. The third-order valence-electron chi connectivity index (χ3n) is 5.35. The van der Waals surface area contributed by atoms with Crippen LogP contribution in [-0.2, 0) is 12.8 Å². The van der Waals surface area contributed by atoms with E-state index < -0.39 is 6.17 Å². The molecule has 1 atom stereocenters. The smallest absolute Gasteiger partial charge is 0.323 e. The van der Waals surface area contributed by atoms with Gasteiger partial charge in [0.15, 0.2) is 0 Å². The number of nitrogens with two attached hydrogens (primary N) is 1. The van der Waals surface area contributed by atoms with Gasteiger partial charge >= 0.3 is 6.03 Å². The number of urea groups is 1. The minimum atomic E-state index is -0.406. The minimum absolute atomic E-state index is 0.283. The lowest BCUT2D eigenvalue weighted by Crippen LogP contribution is -2.35. The van der Waals surface area contributed by atoms with Gasteiger partial charge in [0.05, 0.1) is 11.8 Å². The molecule has 0 saturated carbocycles. The van der Waals surface area contributed by atoms with Crippen molar-refractivity contribution in [2.75, 3.05) is 15.5 Å². The fraction of sp³-hybridized carbons (Fsp3) is 0.182. The minimum Gasteiger partial charge on any atom is -0.446 e. The van der Waals surface area contributed by atoms with E-state index in [2.05, 4.69) is 27.8 Å². The van der Waals surface area contributed by atoms with Crippen molar-refractivity contribution in [2.24, 2.45) is 10.7 Å². The van der Waals surface area contributed by atoms with Crippen molar-refractivity contribution in [1.82, 2.24) is 0 Å². The fourth-order valence-corrected chi connectivity index (χ4v) is 3.89. The van der Waals surface area contributed by atoms with Crippen LogP contribution in [0.2, 0.25) is 0 Å². The first-order chi connectivity index (χ1) is 14.2. The van der Waals surface area contributed by atoms with E-state index in [0.29, 0.717) is 11.6 Å². The van der Waals surface area contributed by atoms with Crippen molar-refractivity contribution in [3.05, 3.63) is 71.5 Å². The van der Waals surface area contributed by atoms with E-state index in [9.17, 15) is 4.79 Å². The molecule has 2 heterocycles. The molecule has 1 aliphatic heterocycles. The average Bonchev–Trinajstić information content (AvgIpc) is 3.37. The van der Waals surface area contributed by atoms with Gasteiger partial charge < -0.3 is 25.7 Å². The van der Waals surface area contributed by atoms with Crippen LogP contribution in [0.3, 0.4) is 0 Å². The van der Waals surface area contributed by atoms with Crippen LogP contribution in [0.15, 0.2) is 64.2 Å². The van der Waals surface area contributed by atoms with E-state index in [4.69, 9.17) is 10.2 Å². The lowest BCUT2D eigenvalue weighted by Gasteiger charge is -2.29. The molecule has 0 spiro atoms. The van der Waals surface area contributed by atoms with Crippen LogP contribution in [0.25, 0.3) is 0 Å². The Hall–Kier alpha value is -3.58. The average molecular weight is 387 g/mol. The van der Waals surface area contributed by atoms with Crippen molar-refractivity contribution >= 4 is 35.3 Å². The highest BCUT2D eigenvalue weighted by Crippen LogP contribution is 2.34. The van der Waals surface area contributed by atoms with Gasteiger partial charge in [-0.1, -0.05) is 12.1 Å². The molecule has 2 aliphatic rings. The molecule has 4 N–H and O–H groups in total. The Morgan fingerprint density at radius 3 is 2.79 bits per heavy atom. The maximum absolute atomic E-state index is 12.5. The lowest BCUT2D eigenvalue weighted by molar-refractivity contribution is 0.262. The predicted molar refractivity (Wildman–Crippen MR) is 114 cm³/mol. The van der Waals surface area contributed by atoms with E-state index in [0.717, 1.165) is 29.8 Å². The topological polar surface area (TPSA) is 95.9 Å². The van der Waals surface area contributed by atoms with Gasteiger partial charge in [0.1, 0.15) is 12.5 Å². The quantitative estimate of drug-likeness (QED) is 0.614. The molecule has 0 radical (unpaired) electrons. The number of fused-ring (bicyclic) bond motifs is 2. The molecule has 0 fully saturated rings. The molecule has 146 valence electrons. The molecular formula is C22H21N5O2. The Balaban J connectivity index is 1.29. The number of furan rings is 1. The molecule has 2 aromatic carbocycles. The molecule has 1 aliphatic carbocycles. The number of anilines is 3. The molecule has 7 heteroatoms. The summed E-state index contributed by atoms with van der Waals surface area (Å²) in [5.74, 6) is 0.525. The Morgan fingerprint density at radius 2 is 1.90 bits per heavy atom. The maximum atomic E-state index is 12.5. The zero-order valence-corrected chi connectivity index (χ0v) is 15.8. The molecule has 29 heavy (non-hydrogen) atoms. The third kappa shape index (κ3) is 3.36. The summed E-state index contributed by atoms with van der Waals surface area (Å²) in [5.41, 5.74) is 12.2. The Morgan fingerprint density at radius 1 is 1.07 bits per heavy atom. The summed E-state index contributed by atoms with van der Waals surface area (Å²) in [4.78, 5) is 18.6. The Kier molecular flexibility index (Phi) is 4.29. The highest BCUT2D eigenvalue weighted by atomic mass is 16.3. The van der Waals surface area contributed by atoms with Gasteiger partial charge in [-0.2, -0.15) is 0 Å². The number of benzene rings is 2. The van der Waals surface area contributed by atoms with E-state index >= 15 is 0 Å². The molecule has 0 saturated heterocycles. The number of aryl methyl sites for hydroxylation is 2. The van der Waals surface area contributed by atoms with Crippen LogP contribution >= 0.6 is 0 Å². The van der Waals surface area contributed by atoms with E-state index in [-0.39, 0.29) is 6.03 Å². The van der Waals surface area contributed by atoms with Gasteiger partial charge in [-0.3, -0.25) is 0 Å². The summed E-state index contributed by atoms with van der Waals surface area (Å²) in [6, 6.07) is 15.1. The zero-order chi connectivity index (χ0) is 19.8. The van der Waals surface area contributed by atoms with E-state index in [1.807, 2.05) is 41.3 Å². The molecular weight excluding hydrogens is 366 g/mol. The Bertz CT molecular complexity index is 1100. The van der Waals surface area contributed by atoms with Gasteiger partial charge in [0.25, 0.3) is 0 Å². The number of nitrogens with zero attached hydrogens (tertiary/aromatic N) is 2. The number of hydrogen-bond acceptors (Lipinski definition) is 5. The monoisotopic (exact) mass is 387 g/mol. The van der Waals surface area contributed by atoms with Gasteiger partial charge in [-0.25, -0.2) is 9.79 Å².